The molecule has 0 radical (unpaired) electrons. The molecule has 5 heteroatoms. The Balaban J connectivity index is 1.31. The molecule has 1 aliphatic heterocycles. The molecular weight excluding hydrogens is 348 g/mol. The second-order valence-corrected chi connectivity index (χ2v) is 7.71. The number of H-pyrrole nitrogens is 1. The minimum atomic E-state index is -0.178. The third-order valence-electron chi connectivity index (χ3n) is 5.92. The van der Waals surface area contributed by atoms with Crippen molar-refractivity contribution in [1.29, 1.82) is 0 Å². The zero-order valence-electron chi connectivity index (χ0n) is 16.3. The first-order valence-electron chi connectivity index (χ1n) is 10.0. The molecule has 0 aliphatic carbocycles. The van der Waals surface area contributed by atoms with Crippen LogP contribution in [-0.4, -0.2) is 47.5 Å². The van der Waals surface area contributed by atoms with Crippen molar-refractivity contribution in [3.63, 3.8) is 0 Å². The number of likely N-dealkylation sites (tertiary alicyclic amines) is 1. The van der Waals surface area contributed by atoms with E-state index in [2.05, 4.69) is 39.5 Å². The Kier molecular flexibility index (Phi) is 5.46. The molecule has 5 nitrogen and oxygen atoms in total. The van der Waals surface area contributed by atoms with E-state index in [0.29, 0.717) is 6.54 Å². The van der Waals surface area contributed by atoms with Crippen LogP contribution in [0.3, 0.4) is 0 Å². The van der Waals surface area contributed by atoms with Crippen molar-refractivity contribution in [2.24, 2.45) is 5.73 Å². The highest BCUT2D eigenvalue weighted by Gasteiger charge is 2.35. The zero-order chi connectivity index (χ0) is 19.5. The van der Waals surface area contributed by atoms with E-state index in [1.54, 1.807) is 0 Å². The van der Waals surface area contributed by atoms with E-state index in [0.717, 1.165) is 25.0 Å². The van der Waals surface area contributed by atoms with Crippen molar-refractivity contribution in [2.75, 3.05) is 19.6 Å². The van der Waals surface area contributed by atoms with Crippen molar-refractivity contribution < 1.29 is 4.79 Å². The van der Waals surface area contributed by atoms with Gasteiger partial charge in [-0.1, -0.05) is 48.5 Å². The van der Waals surface area contributed by atoms with Gasteiger partial charge < -0.3 is 16.0 Å². The lowest BCUT2D eigenvalue weighted by atomic mass is 9.95. The summed E-state index contributed by atoms with van der Waals surface area (Å²) in [6, 6.07) is 18.5. The summed E-state index contributed by atoms with van der Waals surface area (Å²) in [6.45, 7) is 4.17. The zero-order valence-corrected chi connectivity index (χ0v) is 16.3. The molecule has 3 atom stereocenters. The Morgan fingerprint density at radius 1 is 1.18 bits per heavy atom. The van der Waals surface area contributed by atoms with Crippen molar-refractivity contribution in [3.05, 3.63) is 71.9 Å². The van der Waals surface area contributed by atoms with E-state index in [9.17, 15) is 4.79 Å². The quantitative estimate of drug-likeness (QED) is 0.619. The molecule has 2 heterocycles. The number of nitrogens with two attached hydrogens (primary N) is 1. The lowest BCUT2D eigenvalue weighted by Gasteiger charge is -2.23. The van der Waals surface area contributed by atoms with Gasteiger partial charge in [0.25, 0.3) is 0 Å². The van der Waals surface area contributed by atoms with Crippen LogP contribution >= 0.6 is 0 Å². The van der Waals surface area contributed by atoms with Crippen LogP contribution in [0.2, 0.25) is 0 Å². The van der Waals surface area contributed by atoms with Gasteiger partial charge >= 0.3 is 0 Å². The van der Waals surface area contributed by atoms with Gasteiger partial charge in [0.15, 0.2) is 0 Å². The Labute approximate surface area is 165 Å². The van der Waals surface area contributed by atoms with E-state index >= 15 is 0 Å². The summed E-state index contributed by atoms with van der Waals surface area (Å²) in [4.78, 5) is 18.2. The SMILES string of the molecule is CC(C(=O)NCCc1c[nH]c2ccccc12)N1C[C@@H](N)[C@H](c2ccccc2)C1. The maximum absolute atomic E-state index is 12.7. The van der Waals surface area contributed by atoms with Gasteiger partial charge in [-0.25, -0.2) is 0 Å². The monoisotopic (exact) mass is 376 g/mol. The van der Waals surface area contributed by atoms with Crippen molar-refractivity contribution in [1.82, 2.24) is 15.2 Å². The number of aromatic amines is 1. The highest BCUT2D eigenvalue weighted by atomic mass is 16.2. The number of hydrogen-bond acceptors (Lipinski definition) is 3. The predicted octanol–water partition coefficient (Wildman–Crippen LogP) is 2.64. The number of rotatable bonds is 6. The van der Waals surface area contributed by atoms with Gasteiger partial charge in [-0.3, -0.25) is 9.69 Å². The van der Waals surface area contributed by atoms with Gasteiger partial charge in [-0.05, 0) is 30.5 Å². The van der Waals surface area contributed by atoms with Crippen LogP contribution in [0, 0.1) is 0 Å². The number of nitrogens with zero attached hydrogens (tertiary/aromatic N) is 1. The maximum Gasteiger partial charge on any atom is 0.237 e. The fourth-order valence-corrected chi connectivity index (χ4v) is 4.20. The summed E-state index contributed by atoms with van der Waals surface area (Å²) in [5, 5.41) is 4.32. The fraction of sp³-hybridized carbons (Fsp3) is 0.348. The molecule has 2 aromatic carbocycles. The summed E-state index contributed by atoms with van der Waals surface area (Å²) in [7, 11) is 0. The van der Waals surface area contributed by atoms with Gasteiger partial charge in [0.05, 0.1) is 6.04 Å². The molecule has 1 saturated heterocycles. The lowest BCUT2D eigenvalue weighted by molar-refractivity contribution is -0.125. The first-order valence-corrected chi connectivity index (χ1v) is 10.0. The Morgan fingerprint density at radius 3 is 2.75 bits per heavy atom. The summed E-state index contributed by atoms with van der Waals surface area (Å²) in [6.07, 6.45) is 2.85. The van der Waals surface area contributed by atoms with Crippen molar-refractivity contribution in [3.8, 4) is 0 Å². The molecule has 4 rings (SSSR count). The van der Waals surface area contributed by atoms with Crippen molar-refractivity contribution >= 4 is 16.8 Å². The van der Waals surface area contributed by atoms with Crippen LogP contribution in [0.25, 0.3) is 10.9 Å². The Bertz CT molecular complexity index is 936. The molecule has 146 valence electrons. The number of carbonyl (C=O) groups excluding carboxylic acids is 1. The minimum absolute atomic E-state index is 0.0591. The number of carbonyl (C=O) groups is 1. The van der Waals surface area contributed by atoms with E-state index in [1.807, 2.05) is 43.5 Å². The van der Waals surface area contributed by atoms with E-state index in [4.69, 9.17) is 5.73 Å². The molecule has 1 amide bonds. The Hall–Kier alpha value is -2.63. The molecule has 3 aromatic rings. The van der Waals surface area contributed by atoms with Crippen LogP contribution in [0.15, 0.2) is 60.8 Å². The standard InChI is InChI=1S/C23H28N4O/c1-16(27-14-20(21(24)15-27)17-7-3-2-4-8-17)23(28)25-12-11-18-13-26-22-10-6-5-9-19(18)22/h2-10,13,16,20-21,26H,11-12,14-15,24H2,1H3,(H,25,28)/t16?,20-,21+/m0/s1. The van der Waals surface area contributed by atoms with Gasteiger partial charge in [0, 0.05) is 48.7 Å². The van der Waals surface area contributed by atoms with Crippen LogP contribution in [-0.2, 0) is 11.2 Å². The number of hydrogen-bond donors (Lipinski definition) is 3. The van der Waals surface area contributed by atoms with Gasteiger partial charge in [0.1, 0.15) is 0 Å². The largest absolute Gasteiger partial charge is 0.361 e. The number of amides is 1. The number of benzene rings is 2. The Morgan fingerprint density at radius 2 is 1.93 bits per heavy atom. The smallest absolute Gasteiger partial charge is 0.237 e. The number of fused-ring (bicyclic) bond motifs is 1. The van der Waals surface area contributed by atoms with E-state index in [1.165, 1.54) is 16.5 Å². The number of aromatic nitrogens is 1. The van der Waals surface area contributed by atoms with E-state index < -0.39 is 0 Å². The molecule has 28 heavy (non-hydrogen) atoms. The second-order valence-electron chi connectivity index (χ2n) is 7.71. The summed E-state index contributed by atoms with van der Waals surface area (Å²) >= 11 is 0. The molecule has 0 spiro atoms. The molecule has 1 unspecified atom stereocenters. The molecule has 1 aromatic heterocycles. The van der Waals surface area contributed by atoms with Crippen molar-refractivity contribution in [2.45, 2.75) is 31.3 Å². The van der Waals surface area contributed by atoms with Crippen LogP contribution < -0.4 is 11.1 Å². The van der Waals surface area contributed by atoms with Gasteiger partial charge in [0.2, 0.25) is 5.91 Å². The molecule has 0 saturated carbocycles. The maximum atomic E-state index is 12.7. The molecular formula is C23H28N4O. The normalized spacial score (nSPS) is 21.1. The van der Waals surface area contributed by atoms with Crippen LogP contribution in [0.4, 0.5) is 0 Å². The fourth-order valence-electron chi connectivity index (χ4n) is 4.20. The van der Waals surface area contributed by atoms with Gasteiger partial charge in [-0.2, -0.15) is 0 Å². The summed E-state index contributed by atoms with van der Waals surface area (Å²) in [5.74, 6) is 0.350. The summed E-state index contributed by atoms with van der Waals surface area (Å²) < 4.78 is 0. The van der Waals surface area contributed by atoms with E-state index in [-0.39, 0.29) is 23.9 Å². The first kappa shape index (κ1) is 18.7. The van der Waals surface area contributed by atoms with Crippen LogP contribution in [0.5, 0.6) is 0 Å². The molecule has 4 N–H and O–H groups in total. The minimum Gasteiger partial charge on any atom is -0.361 e. The topological polar surface area (TPSA) is 74.2 Å². The average molecular weight is 377 g/mol. The lowest BCUT2D eigenvalue weighted by Crippen LogP contribution is -2.45. The average Bonchev–Trinajstić information content (AvgIpc) is 3.32. The highest BCUT2D eigenvalue weighted by Crippen LogP contribution is 2.27. The predicted molar refractivity (Wildman–Crippen MR) is 113 cm³/mol. The van der Waals surface area contributed by atoms with Gasteiger partial charge in [-0.15, -0.1) is 0 Å². The van der Waals surface area contributed by atoms with Crippen LogP contribution in [0.1, 0.15) is 24.0 Å². The third kappa shape index (κ3) is 3.81. The highest BCUT2D eigenvalue weighted by molar-refractivity contribution is 5.83. The second kappa shape index (κ2) is 8.17. The molecule has 0 bridgehead atoms. The molecule has 1 aliphatic rings. The summed E-state index contributed by atoms with van der Waals surface area (Å²) in [5.41, 5.74) is 10.0. The first-order chi connectivity index (χ1) is 13.6. The number of para-hydroxylation sites is 1. The third-order valence-corrected chi connectivity index (χ3v) is 5.92. The molecule has 1 fully saturated rings. The number of nitrogens with one attached hydrogen (secondary N) is 2.